The molecule has 2 heterocycles. The highest BCUT2D eigenvalue weighted by Gasteiger charge is 2.52. The zero-order chi connectivity index (χ0) is 16.3. The minimum absolute atomic E-state index is 0.0809. The summed E-state index contributed by atoms with van der Waals surface area (Å²) in [6, 6.07) is 0. The fraction of sp³-hybridized carbons (Fsp3) is 0.667. The number of allylic oxidation sites excluding steroid dienone is 3. The summed E-state index contributed by atoms with van der Waals surface area (Å²) in [4.78, 5) is 0. The topological polar surface area (TPSA) is 20.2 Å². The van der Waals surface area contributed by atoms with Crippen LogP contribution in [0.4, 0.5) is 0 Å². The summed E-state index contributed by atoms with van der Waals surface area (Å²) in [5.74, 6) is 4.86. The minimum Gasteiger partial charge on any atom is -0.389 e. The van der Waals surface area contributed by atoms with Crippen molar-refractivity contribution >= 4 is 47.0 Å². The van der Waals surface area contributed by atoms with Crippen molar-refractivity contribution < 1.29 is 5.11 Å². The molecule has 0 saturated carbocycles. The molecule has 2 fully saturated rings. The summed E-state index contributed by atoms with van der Waals surface area (Å²) in [6.07, 6.45) is 8.09. The minimum atomic E-state index is -0.358. The molecule has 0 aromatic heterocycles. The predicted octanol–water partition coefficient (Wildman–Crippen LogP) is 4.94. The van der Waals surface area contributed by atoms with E-state index in [1.54, 1.807) is 0 Å². The van der Waals surface area contributed by atoms with Gasteiger partial charge in [-0.2, -0.15) is 0 Å². The second kappa shape index (κ2) is 5.80. The largest absolute Gasteiger partial charge is 0.389 e. The van der Waals surface area contributed by atoms with Crippen LogP contribution in [0.5, 0.6) is 0 Å². The normalized spacial score (nSPS) is 35.7. The molecule has 4 rings (SSSR count). The van der Waals surface area contributed by atoms with Crippen molar-refractivity contribution in [1.29, 1.82) is 0 Å². The van der Waals surface area contributed by atoms with Crippen LogP contribution in [0.1, 0.15) is 27.2 Å². The van der Waals surface area contributed by atoms with Crippen molar-refractivity contribution in [2.45, 2.75) is 41.5 Å². The van der Waals surface area contributed by atoms with Crippen molar-refractivity contribution in [2.75, 3.05) is 23.0 Å². The van der Waals surface area contributed by atoms with Crippen LogP contribution < -0.4 is 0 Å². The van der Waals surface area contributed by atoms with Gasteiger partial charge in [-0.25, -0.2) is 0 Å². The van der Waals surface area contributed by atoms with Crippen molar-refractivity contribution in [3.63, 3.8) is 0 Å². The van der Waals surface area contributed by atoms with E-state index in [1.807, 2.05) is 30.4 Å². The van der Waals surface area contributed by atoms with Gasteiger partial charge in [0.2, 0.25) is 0 Å². The summed E-state index contributed by atoms with van der Waals surface area (Å²) < 4.78 is 0.229. The lowest BCUT2D eigenvalue weighted by atomic mass is 9.67. The van der Waals surface area contributed by atoms with Crippen LogP contribution in [0, 0.1) is 5.41 Å². The van der Waals surface area contributed by atoms with Gasteiger partial charge < -0.3 is 5.11 Å². The standard InChI is InChI=1S/C18H24OS4/c1-12-14-10-15(13(2)19)18(22-8-9-23-18)11-16(14,3)4-5-17(12)20-6-7-21-17/h4-5,10,13,19H,6-9,11H2,1-3H3/t13-,16+/m0/s1. The summed E-state index contributed by atoms with van der Waals surface area (Å²) >= 11 is 8.25. The lowest BCUT2D eigenvalue weighted by molar-refractivity contribution is 0.220. The SMILES string of the molecule is CC1=C2C=C([C@H](C)O)C3(C[C@@]2(C)C=CC12SCCS2)SCCS3. The molecule has 23 heavy (non-hydrogen) atoms. The summed E-state index contributed by atoms with van der Waals surface area (Å²) in [5, 5.41) is 10.5. The van der Waals surface area contributed by atoms with E-state index in [4.69, 9.17) is 0 Å². The monoisotopic (exact) mass is 384 g/mol. The molecule has 1 N–H and O–H groups in total. The van der Waals surface area contributed by atoms with Gasteiger partial charge in [0.15, 0.2) is 0 Å². The highest BCUT2D eigenvalue weighted by molar-refractivity contribution is 8.22. The molecule has 1 nitrogen and oxygen atoms in total. The Morgan fingerprint density at radius 1 is 1.04 bits per heavy atom. The van der Waals surface area contributed by atoms with Crippen LogP contribution >= 0.6 is 47.0 Å². The van der Waals surface area contributed by atoms with E-state index in [0.717, 1.165) is 6.42 Å². The van der Waals surface area contributed by atoms with E-state index in [0.29, 0.717) is 0 Å². The molecule has 2 saturated heterocycles. The number of thioether (sulfide) groups is 4. The Bertz CT molecular complexity index is 607. The van der Waals surface area contributed by atoms with E-state index < -0.39 is 0 Å². The quantitative estimate of drug-likeness (QED) is 0.644. The first kappa shape index (κ1) is 17.0. The van der Waals surface area contributed by atoms with Crippen molar-refractivity contribution in [1.82, 2.24) is 0 Å². The molecule has 126 valence electrons. The van der Waals surface area contributed by atoms with Crippen molar-refractivity contribution in [3.05, 3.63) is 34.9 Å². The van der Waals surface area contributed by atoms with Crippen LogP contribution in [0.2, 0.25) is 0 Å². The van der Waals surface area contributed by atoms with Crippen LogP contribution in [-0.4, -0.2) is 42.4 Å². The zero-order valence-electron chi connectivity index (χ0n) is 13.9. The molecule has 2 aliphatic heterocycles. The molecular weight excluding hydrogens is 360 g/mol. The Morgan fingerprint density at radius 2 is 1.65 bits per heavy atom. The highest BCUT2D eigenvalue weighted by atomic mass is 32.2. The maximum atomic E-state index is 10.5. The summed E-state index contributed by atoms with van der Waals surface area (Å²) in [6.45, 7) is 6.67. The molecule has 4 aliphatic rings. The first-order chi connectivity index (χ1) is 10.9. The molecule has 2 atom stereocenters. The van der Waals surface area contributed by atoms with Gasteiger partial charge in [-0.05, 0) is 37.0 Å². The Kier molecular flexibility index (Phi) is 4.29. The van der Waals surface area contributed by atoms with Crippen molar-refractivity contribution in [2.24, 2.45) is 5.41 Å². The second-order valence-corrected chi connectivity index (χ2v) is 13.0. The van der Waals surface area contributed by atoms with Crippen LogP contribution in [0.25, 0.3) is 0 Å². The fourth-order valence-corrected chi connectivity index (χ4v) is 11.1. The Hall–Kier alpha value is 0.580. The van der Waals surface area contributed by atoms with Gasteiger partial charge in [-0.15, -0.1) is 47.0 Å². The molecule has 2 aliphatic carbocycles. The van der Waals surface area contributed by atoms with Gasteiger partial charge in [0.05, 0.1) is 10.2 Å². The summed E-state index contributed by atoms with van der Waals surface area (Å²) in [5.41, 5.74) is 4.34. The maximum Gasteiger partial charge on any atom is 0.101 e. The van der Waals surface area contributed by atoms with Gasteiger partial charge >= 0.3 is 0 Å². The molecule has 0 radical (unpaired) electrons. The van der Waals surface area contributed by atoms with E-state index in [9.17, 15) is 5.11 Å². The number of rotatable bonds is 1. The zero-order valence-corrected chi connectivity index (χ0v) is 17.2. The third-order valence-corrected chi connectivity index (χ3v) is 12.5. The molecule has 0 aromatic rings. The Morgan fingerprint density at radius 3 is 2.26 bits per heavy atom. The fourth-order valence-electron chi connectivity index (χ4n) is 4.31. The van der Waals surface area contributed by atoms with Gasteiger partial charge in [-0.3, -0.25) is 0 Å². The molecule has 2 spiro atoms. The van der Waals surface area contributed by atoms with Crippen LogP contribution in [0.3, 0.4) is 0 Å². The summed E-state index contributed by atoms with van der Waals surface area (Å²) in [7, 11) is 0. The third kappa shape index (κ3) is 2.52. The van der Waals surface area contributed by atoms with E-state index in [1.165, 1.54) is 39.7 Å². The maximum absolute atomic E-state index is 10.5. The lowest BCUT2D eigenvalue weighted by Crippen LogP contribution is -2.41. The highest BCUT2D eigenvalue weighted by Crippen LogP contribution is 2.64. The first-order valence-electron chi connectivity index (χ1n) is 8.29. The van der Waals surface area contributed by atoms with Crippen molar-refractivity contribution in [3.8, 4) is 0 Å². The lowest BCUT2D eigenvalue weighted by Gasteiger charge is -2.48. The number of aliphatic hydroxyl groups is 1. The van der Waals surface area contributed by atoms with E-state index >= 15 is 0 Å². The number of hydrogen-bond donors (Lipinski definition) is 1. The Labute approximate surface area is 156 Å². The first-order valence-corrected chi connectivity index (χ1v) is 12.2. The van der Waals surface area contributed by atoms with E-state index in [-0.39, 0.29) is 19.7 Å². The smallest absolute Gasteiger partial charge is 0.101 e. The average Bonchev–Trinajstić information content (AvgIpc) is 3.14. The number of hydrogen-bond acceptors (Lipinski definition) is 5. The van der Waals surface area contributed by atoms with E-state index in [2.05, 4.69) is 55.6 Å². The molecule has 0 aromatic carbocycles. The molecular formula is C18H24OS4. The van der Waals surface area contributed by atoms with Gasteiger partial charge in [0.25, 0.3) is 0 Å². The number of fused-ring (bicyclic) bond motifs is 1. The van der Waals surface area contributed by atoms with Gasteiger partial charge in [0.1, 0.15) is 4.08 Å². The van der Waals surface area contributed by atoms with Gasteiger partial charge in [-0.1, -0.05) is 25.2 Å². The molecule has 0 amide bonds. The Balaban J connectivity index is 1.87. The van der Waals surface area contributed by atoms with Crippen LogP contribution in [0.15, 0.2) is 34.9 Å². The average molecular weight is 385 g/mol. The predicted molar refractivity (Wildman–Crippen MR) is 110 cm³/mol. The molecule has 0 unspecified atom stereocenters. The third-order valence-electron chi connectivity index (χ3n) is 5.47. The molecule has 5 heteroatoms. The molecule has 0 bridgehead atoms. The van der Waals surface area contributed by atoms with Crippen LogP contribution in [-0.2, 0) is 0 Å². The second-order valence-electron chi connectivity index (χ2n) is 7.06. The number of aliphatic hydroxyl groups excluding tert-OH is 1. The van der Waals surface area contributed by atoms with Gasteiger partial charge in [0, 0.05) is 28.4 Å².